The van der Waals surface area contributed by atoms with Crippen molar-refractivity contribution in [2.45, 2.75) is 11.8 Å². The van der Waals surface area contributed by atoms with Crippen LogP contribution in [0.25, 0.3) is 6.08 Å². The number of halogens is 1. The summed E-state index contributed by atoms with van der Waals surface area (Å²) in [6, 6.07) is 10.9. The summed E-state index contributed by atoms with van der Waals surface area (Å²) in [5.41, 5.74) is 1.53. The molecule has 0 spiro atoms. The van der Waals surface area contributed by atoms with Crippen molar-refractivity contribution in [1.82, 2.24) is 0 Å². The average Bonchev–Trinajstić information content (AvgIpc) is 2.81. The van der Waals surface area contributed by atoms with Gasteiger partial charge in [-0.2, -0.15) is 0 Å². The molecule has 2 aromatic carbocycles. The van der Waals surface area contributed by atoms with Gasteiger partial charge >= 0.3 is 0 Å². The van der Waals surface area contributed by atoms with E-state index in [2.05, 4.69) is 15.9 Å². The zero-order valence-electron chi connectivity index (χ0n) is 11.8. The highest BCUT2D eigenvalue weighted by Crippen LogP contribution is 2.42. The number of thioether (sulfide) groups is 1. The predicted octanol–water partition coefficient (Wildman–Crippen LogP) is 4.88. The number of allylic oxidation sites excluding steroid dienone is 1. The Morgan fingerprint density at radius 1 is 1.32 bits per heavy atom. The molecule has 1 aliphatic rings. The Hall–Kier alpha value is -1.72. The van der Waals surface area contributed by atoms with Gasteiger partial charge in [-0.25, -0.2) is 0 Å². The number of carbonyl (C=O) groups is 1. The lowest BCUT2D eigenvalue weighted by atomic mass is 10.1. The van der Waals surface area contributed by atoms with Gasteiger partial charge in [-0.1, -0.05) is 39.8 Å². The summed E-state index contributed by atoms with van der Waals surface area (Å²) in [7, 11) is 0. The highest BCUT2D eigenvalue weighted by atomic mass is 79.9. The normalized spacial score (nSPS) is 15.2. The molecule has 1 aliphatic heterocycles. The molecule has 0 atom stereocenters. The first-order chi connectivity index (χ1) is 10.6. The zero-order valence-corrected chi connectivity index (χ0v) is 14.2. The molecule has 3 rings (SSSR count). The molecule has 0 saturated carbocycles. The number of phenols is 1. The van der Waals surface area contributed by atoms with Crippen molar-refractivity contribution in [2.75, 3.05) is 6.61 Å². The molecule has 1 N–H and O–H groups in total. The Morgan fingerprint density at radius 2 is 2.09 bits per heavy atom. The number of rotatable bonds is 3. The first-order valence-corrected chi connectivity index (χ1v) is 8.39. The van der Waals surface area contributed by atoms with Crippen LogP contribution >= 0.6 is 27.7 Å². The number of Topliss-reactive ketones (excluding diaryl/α,β-unsaturated/α-hetero) is 1. The molecule has 0 aromatic heterocycles. The number of benzene rings is 2. The van der Waals surface area contributed by atoms with Gasteiger partial charge in [-0.3, -0.25) is 4.79 Å². The van der Waals surface area contributed by atoms with E-state index in [1.54, 1.807) is 12.1 Å². The van der Waals surface area contributed by atoms with Crippen molar-refractivity contribution in [3.8, 4) is 11.5 Å². The molecule has 3 nitrogen and oxygen atoms in total. The minimum atomic E-state index is 0.0264. The molecule has 0 aliphatic carbocycles. The first kappa shape index (κ1) is 15.2. The average molecular weight is 377 g/mol. The zero-order chi connectivity index (χ0) is 15.7. The van der Waals surface area contributed by atoms with E-state index < -0.39 is 0 Å². The highest BCUT2D eigenvalue weighted by Gasteiger charge is 2.25. The van der Waals surface area contributed by atoms with E-state index in [0.717, 1.165) is 16.0 Å². The van der Waals surface area contributed by atoms with Gasteiger partial charge < -0.3 is 9.84 Å². The monoisotopic (exact) mass is 376 g/mol. The molecule has 0 radical (unpaired) electrons. The lowest BCUT2D eigenvalue weighted by Gasteiger charge is -2.08. The van der Waals surface area contributed by atoms with Gasteiger partial charge in [0, 0.05) is 14.9 Å². The maximum absolute atomic E-state index is 12.4. The smallest absolute Gasteiger partial charge is 0.200 e. The molecule has 0 amide bonds. The SMILES string of the molecule is CCOc1cc(/C=C2/Sc3ccccc3C2=O)c(Br)cc1O. The molecule has 5 heteroatoms. The van der Waals surface area contributed by atoms with E-state index in [1.165, 1.54) is 11.8 Å². The fraction of sp³-hybridized carbons (Fsp3) is 0.118. The molecule has 0 bridgehead atoms. The van der Waals surface area contributed by atoms with E-state index in [0.29, 0.717) is 21.7 Å². The number of phenolic OH excluding ortho intramolecular Hbond substituents is 1. The van der Waals surface area contributed by atoms with Crippen LogP contribution in [0.5, 0.6) is 11.5 Å². The molecule has 0 unspecified atom stereocenters. The molecular weight excluding hydrogens is 364 g/mol. The number of carbonyl (C=O) groups excluding carboxylic acids is 1. The molecule has 0 saturated heterocycles. The summed E-state index contributed by atoms with van der Waals surface area (Å²) < 4.78 is 6.11. The maximum atomic E-state index is 12.4. The summed E-state index contributed by atoms with van der Waals surface area (Å²) in [5, 5.41) is 9.85. The Labute approximate surface area is 141 Å². The summed E-state index contributed by atoms with van der Waals surface area (Å²) in [5.74, 6) is 0.508. The molecule has 112 valence electrons. The molecule has 2 aromatic rings. The van der Waals surface area contributed by atoms with Crippen LogP contribution in [0.4, 0.5) is 0 Å². The van der Waals surface area contributed by atoms with Gasteiger partial charge in [0.25, 0.3) is 0 Å². The van der Waals surface area contributed by atoms with Crippen LogP contribution in [-0.2, 0) is 0 Å². The largest absolute Gasteiger partial charge is 0.504 e. The van der Waals surface area contributed by atoms with Gasteiger partial charge in [0.2, 0.25) is 5.78 Å². The molecule has 1 heterocycles. The van der Waals surface area contributed by atoms with E-state index in [4.69, 9.17) is 4.74 Å². The van der Waals surface area contributed by atoms with Crippen LogP contribution in [0.3, 0.4) is 0 Å². The van der Waals surface area contributed by atoms with Gasteiger partial charge in [0.1, 0.15) is 0 Å². The van der Waals surface area contributed by atoms with Crippen molar-refractivity contribution in [1.29, 1.82) is 0 Å². The topological polar surface area (TPSA) is 46.5 Å². The lowest BCUT2D eigenvalue weighted by Crippen LogP contribution is -1.95. The molecule has 22 heavy (non-hydrogen) atoms. The van der Waals surface area contributed by atoms with Crippen molar-refractivity contribution >= 4 is 39.6 Å². The maximum Gasteiger partial charge on any atom is 0.200 e. The second-order valence-corrected chi connectivity index (χ2v) is 6.65. The summed E-state index contributed by atoms with van der Waals surface area (Å²) >= 11 is 4.87. The first-order valence-electron chi connectivity index (χ1n) is 6.78. The van der Waals surface area contributed by atoms with Crippen LogP contribution in [0.2, 0.25) is 0 Å². The molecule has 0 fully saturated rings. The van der Waals surface area contributed by atoms with Crippen molar-refractivity contribution in [3.05, 3.63) is 56.9 Å². The Kier molecular flexibility index (Phi) is 4.27. The quantitative estimate of drug-likeness (QED) is 0.775. The number of hydrogen-bond acceptors (Lipinski definition) is 4. The van der Waals surface area contributed by atoms with Crippen LogP contribution in [0.1, 0.15) is 22.8 Å². The number of aromatic hydroxyl groups is 1. The van der Waals surface area contributed by atoms with Gasteiger partial charge in [0.15, 0.2) is 11.5 Å². The Balaban J connectivity index is 2.00. The fourth-order valence-corrected chi connectivity index (χ4v) is 3.71. The number of fused-ring (bicyclic) bond motifs is 1. The van der Waals surface area contributed by atoms with E-state index in [9.17, 15) is 9.90 Å². The second kappa shape index (κ2) is 6.18. The number of hydrogen-bond donors (Lipinski definition) is 1. The van der Waals surface area contributed by atoms with Crippen molar-refractivity contribution < 1.29 is 14.6 Å². The summed E-state index contributed by atoms with van der Waals surface area (Å²) in [6.45, 7) is 2.32. The molecular formula is C17H13BrO3S. The van der Waals surface area contributed by atoms with Gasteiger partial charge in [-0.05, 0) is 42.8 Å². The van der Waals surface area contributed by atoms with Gasteiger partial charge in [0.05, 0.1) is 11.5 Å². The third-order valence-electron chi connectivity index (χ3n) is 3.24. The Morgan fingerprint density at radius 3 is 2.82 bits per heavy atom. The van der Waals surface area contributed by atoms with Crippen LogP contribution in [-0.4, -0.2) is 17.5 Å². The van der Waals surface area contributed by atoms with Crippen molar-refractivity contribution in [3.63, 3.8) is 0 Å². The summed E-state index contributed by atoms with van der Waals surface area (Å²) in [6.07, 6.45) is 1.82. The fourth-order valence-electron chi connectivity index (χ4n) is 2.22. The highest BCUT2D eigenvalue weighted by molar-refractivity contribution is 9.10. The third kappa shape index (κ3) is 2.78. The Bertz CT molecular complexity index is 783. The van der Waals surface area contributed by atoms with Crippen LogP contribution < -0.4 is 4.74 Å². The van der Waals surface area contributed by atoms with E-state index in [-0.39, 0.29) is 11.5 Å². The third-order valence-corrected chi connectivity index (χ3v) is 5.03. The predicted molar refractivity (Wildman–Crippen MR) is 91.6 cm³/mol. The van der Waals surface area contributed by atoms with Gasteiger partial charge in [-0.15, -0.1) is 0 Å². The lowest BCUT2D eigenvalue weighted by molar-refractivity contribution is 0.104. The van der Waals surface area contributed by atoms with Crippen molar-refractivity contribution in [2.24, 2.45) is 0 Å². The summed E-state index contributed by atoms with van der Waals surface area (Å²) in [4.78, 5) is 14.0. The standard InChI is InChI=1S/C17H13BrO3S/c1-2-21-14-7-10(12(18)9-13(14)19)8-16-17(20)11-5-3-4-6-15(11)22-16/h3-9,19H,2H2,1H3/b16-8+. The minimum absolute atomic E-state index is 0.0264. The van der Waals surface area contributed by atoms with Crippen LogP contribution in [0, 0.1) is 0 Å². The number of ether oxygens (including phenoxy) is 1. The second-order valence-electron chi connectivity index (χ2n) is 4.71. The van der Waals surface area contributed by atoms with Crippen LogP contribution in [0.15, 0.2) is 50.7 Å². The number of ketones is 1. The van der Waals surface area contributed by atoms with E-state index >= 15 is 0 Å². The minimum Gasteiger partial charge on any atom is -0.504 e. The van der Waals surface area contributed by atoms with E-state index in [1.807, 2.05) is 37.3 Å².